The van der Waals surface area contributed by atoms with E-state index < -0.39 is 0 Å². The average molecular weight is 364 g/mol. The number of hydrogen-bond acceptors (Lipinski definition) is 0. The second kappa shape index (κ2) is 5.61. The normalized spacial score (nSPS) is 25.6. The van der Waals surface area contributed by atoms with Crippen molar-refractivity contribution < 1.29 is 0 Å². The molecular formula is C15H24Br2. The molecule has 0 N–H and O–H groups in total. The van der Waals surface area contributed by atoms with E-state index in [-0.39, 0.29) is 3.23 Å². The number of alkyl halides is 2. The van der Waals surface area contributed by atoms with Gasteiger partial charge in [-0.2, -0.15) is 0 Å². The van der Waals surface area contributed by atoms with E-state index in [4.69, 9.17) is 0 Å². The third-order valence-corrected chi connectivity index (χ3v) is 6.91. The fourth-order valence-corrected chi connectivity index (χ4v) is 4.39. The van der Waals surface area contributed by atoms with E-state index in [0.29, 0.717) is 5.41 Å². The highest BCUT2D eigenvalue weighted by Crippen LogP contribution is 2.72. The summed E-state index contributed by atoms with van der Waals surface area (Å²) >= 11 is 7.56. The molecule has 0 amide bonds. The standard InChI is InChI=1S/C15H24Br2/c1-11(2)10-12(3)8-6-7-9-13-14(4,5)15(13,16)17/h8,10,13H,6-7,9H2,1-5H3/b12-8+. The second-order valence-electron chi connectivity index (χ2n) is 6.00. The van der Waals surface area contributed by atoms with Crippen molar-refractivity contribution in [2.75, 3.05) is 0 Å². The average Bonchev–Trinajstić information content (AvgIpc) is 2.52. The van der Waals surface area contributed by atoms with Crippen molar-refractivity contribution in [3.05, 3.63) is 23.3 Å². The van der Waals surface area contributed by atoms with Crippen LogP contribution in [0.15, 0.2) is 23.3 Å². The summed E-state index contributed by atoms with van der Waals surface area (Å²) in [5.41, 5.74) is 3.16. The summed E-state index contributed by atoms with van der Waals surface area (Å²) in [5, 5.41) is 0. The molecule has 0 aromatic carbocycles. The fourth-order valence-electron chi connectivity index (χ4n) is 2.47. The molecular weight excluding hydrogens is 340 g/mol. The maximum Gasteiger partial charge on any atom is 0.0893 e. The van der Waals surface area contributed by atoms with Crippen LogP contribution in [0.2, 0.25) is 0 Å². The van der Waals surface area contributed by atoms with E-state index in [0.717, 1.165) is 5.92 Å². The Morgan fingerprint density at radius 2 is 1.71 bits per heavy atom. The highest BCUT2D eigenvalue weighted by atomic mass is 79.9. The molecule has 0 nitrogen and oxygen atoms in total. The lowest BCUT2D eigenvalue weighted by molar-refractivity contribution is 0.520. The van der Waals surface area contributed by atoms with Crippen LogP contribution in [0.4, 0.5) is 0 Å². The van der Waals surface area contributed by atoms with Gasteiger partial charge in [0.2, 0.25) is 0 Å². The van der Waals surface area contributed by atoms with Gasteiger partial charge in [-0.1, -0.05) is 69.0 Å². The van der Waals surface area contributed by atoms with E-state index in [9.17, 15) is 0 Å². The van der Waals surface area contributed by atoms with Crippen LogP contribution in [0.5, 0.6) is 0 Å². The lowest BCUT2D eigenvalue weighted by atomic mass is 10.0. The number of hydrogen-bond donors (Lipinski definition) is 0. The molecule has 1 aliphatic rings. The topological polar surface area (TPSA) is 0 Å². The van der Waals surface area contributed by atoms with E-state index in [1.807, 2.05) is 0 Å². The van der Waals surface area contributed by atoms with Gasteiger partial charge in [-0.25, -0.2) is 0 Å². The van der Waals surface area contributed by atoms with Crippen molar-refractivity contribution in [2.24, 2.45) is 11.3 Å². The van der Waals surface area contributed by atoms with Gasteiger partial charge in [-0.05, 0) is 51.4 Å². The number of rotatable bonds is 5. The molecule has 1 atom stereocenters. The zero-order valence-electron chi connectivity index (χ0n) is 11.6. The van der Waals surface area contributed by atoms with Gasteiger partial charge in [0.05, 0.1) is 3.23 Å². The van der Waals surface area contributed by atoms with Crippen molar-refractivity contribution in [2.45, 2.75) is 57.1 Å². The first-order chi connectivity index (χ1) is 7.69. The Hall–Kier alpha value is 0.440. The third kappa shape index (κ3) is 3.70. The van der Waals surface area contributed by atoms with Crippen molar-refractivity contribution in [3.63, 3.8) is 0 Å². The van der Waals surface area contributed by atoms with Crippen LogP contribution in [-0.4, -0.2) is 3.23 Å². The lowest BCUT2D eigenvalue weighted by Gasteiger charge is -2.01. The minimum absolute atomic E-state index is 0.186. The Morgan fingerprint density at radius 1 is 1.18 bits per heavy atom. The maximum absolute atomic E-state index is 3.78. The Kier molecular flexibility index (Phi) is 5.11. The first kappa shape index (κ1) is 15.5. The largest absolute Gasteiger partial charge is 0.0893 e. The number of halogens is 2. The van der Waals surface area contributed by atoms with Crippen LogP contribution in [0.1, 0.15) is 53.9 Å². The highest BCUT2D eigenvalue weighted by Gasteiger charge is 2.67. The number of allylic oxidation sites excluding steroid dienone is 4. The van der Waals surface area contributed by atoms with Crippen LogP contribution in [0, 0.1) is 11.3 Å². The van der Waals surface area contributed by atoms with E-state index >= 15 is 0 Å². The van der Waals surface area contributed by atoms with Crippen LogP contribution in [0.25, 0.3) is 0 Å². The summed E-state index contributed by atoms with van der Waals surface area (Å²) in [6.07, 6.45) is 8.37. The fraction of sp³-hybridized carbons (Fsp3) is 0.733. The van der Waals surface area contributed by atoms with E-state index in [2.05, 4.69) is 78.6 Å². The van der Waals surface area contributed by atoms with Gasteiger partial charge in [0.25, 0.3) is 0 Å². The van der Waals surface area contributed by atoms with Crippen molar-refractivity contribution in [1.82, 2.24) is 0 Å². The molecule has 2 heteroatoms. The predicted octanol–water partition coefficient (Wildman–Crippen LogP) is 6.21. The molecule has 17 heavy (non-hydrogen) atoms. The molecule has 1 fully saturated rings. The minimum Gasteiger partial charge on any atom is -0.0816 e. The predicted molar refractivity (Wildman–Crippen MR) is 84.9 cm³/mol. The zero-order valence-corrected chi connectivity index (χ0v) is 14.8. The van der Waals surface area contributed by atoms with Crippen LogP contribution < -0.4 is 0 Å². The molecule has 0 heterocycles. The van der Waals surface area contributed by atoms with Gasteiger partial charge < -0.3 is 0 Å². The molecule has 0 aromatic heterocycles. The van der Waals surface area contributed by atoms with Gasteiger partial charge in [-0.3, -0.25) is 0 Å². The van der Waals surface area contributed by atoms with E-state index in [1.54, 1.807) is 0 Å². The van der Waals surface area contributed by atoms with Crippen molar-refractivity contribution in [3.8, 4) is 0 Å². The van der Waals surface area contributed by atoms with Gasteiger partial charge in [0, 0.05) is 0 Å². The Balaban J connectivity index is 2.30. The van der Waals surface area contributed by atoms with Gasteiger partial charge in [-0.15, -0.1) is 0 Å². The second-order valence-corrected chi connectivity index (χ2v) is 9.56. The molecule has 0 aliphatic heterocycles. The Morgan fingerprint density at radius 3 is 2.12 bits per heavy atom. The van der Waals surface area contributed by atoms with Gasteiger partial charge in [0.15, 0.2) is 0 Å². The third-order valence-electron chi connectivity index (χ3n) is 3.76. The monoisotopic (exact) mass is 362 g/mol. The quantitative estimate of drug-likeness (QED) is 0.309. The smallest absolute Gasteiger partial charge is 0.0816 e. The molecule has 1 saturated carbocycles. The van der Waals surface area contributed by atoms with Gasteiger partial charge >= 0.3 is 0 Å². The van der Waals surface area contributed by atoms with Crippen LogP contribution in [-0.2, 0) is 0 Å². The molecule has 0 saturated heterocycles. The summed E-state index contributed by atoms with van der Waals surface area (Å²) < 4.78 is 0.186. The van der Waals surface area contributed by atoms with Crippen LogP contribution >= 0.6 is 31.9 Å². The van der Waals surface area contributed by atoms with Gasteiger partial charge in [0.1, 0.15) is 0 Å². The molecule has 1 aliphatic carbocycles. The maximum atomic E-state index is 3.78. The highest BCUT2D eigenvalue weighted by molar-refractivity contribution is 9.25. The van der Waals surface area contributed by atoms with E-state index in [1.165, 1.54) is 30.4 Å². The molecule has 1 unspecified atom stereocenters. The molecule has 98 valence electrons. The molecule has 0 bridgehead atoms. The summed E-state index contributed by atoms with van der Waals surface area (Å²) in [6, 6.07) is 0. The summed E-state index contributed by atoms with van der Waals surface area (Å²) in [5.74, 6) is 0.757. The van der Waals surface area contributed by atoms with Crippen LogP contribution in [0.3, 0.4) is 0 Å². The Bertz CT molecular complexity index is 317. The SMILES string of the molecule is CC(C)=C/C(C)=C/CCCC1C(C)(C)C1(Br)Br. The molecule has 0 spiro atoms. The summed E-state index contributed by atoms with van der Waals surface area (Å²) in [4.78, 5) is 0. The minimum atomic E-state index is 0.186. The molecule has 1 rings (SSSR count). The summed E-state index contributed by atoms with van der Waals surface area (Å²) in [6.45, 7) is 11.1. The van der Waals surface area contributed by atoms with Crippen molar-refractivity contribution >= 4 is 31.9 Å². The molecule has 0 aromatic rings. The Labute approximate surface area is 123 Å². The summed E-state index contributed by atoms with van der Waals surface area (Å²) in [7, 11) is 0. The first-order valence-electron chi connectivity index (χ1n) is 6.39. The number of unbranched alkanes of at least 4 members (excludes halogenated alkanes) is 1. The zero-order chi connectivity index (χ0) is 13.3. The lowest BCUT2D eigenvalue weighted by Crippen LogP contribution is -1.94. The van der Waals surface area contributed by atoms with Crippen molar-refractivity contribution in [1.29, 1.82) is 0 Å². The molecule has 0 radical (unpaired) electrons. The first-order valence-corrected chi connectivity index (χ1v) is 7.97.